The third kappa shape index (κ3) is 5.38. The van der Waals surface area contributed by atoms with Crippen LogP contribution in [-0.2, 0) is 16.0 Å². The number of carbonyl (C=O) groups is 2. The molecule has 0 aliphatic carbocycles. The van der Waals surface area contributed by atoms with Crippen molar-refractivity contribution < 1.29 is 19.4 Å². The SMILES string of the molecule is COc1ccc(NC(=O)C[C@H](Cc2ccc(Br)cc2)C(=O)O)cc1. The van der Waals surface area contributed by atoms with Crippen molar-refractivity contribution in [2.45, 2.75) is 12.8 Å². The Hall–Kier alpha value is -2.34. The first-order valence-electron chi connectivity index (χ1n) is 7.39. The van der Waals surface area contributed by atoms with Crippen molar-refractivity contribution in [1.29, 1.82) is 0 Å². The van der Waals surface area contributed by atoms with Crippen LogP contribution in [-0.4, -0.2) is 24.1 Å². The number of carboxylic acids is 1. The number of carbonyl (C=O) groups excluding carboxylic acids is 1. The van der Waals surface area contributed by atoms with Crippen molar-refractivity contribution in [3.05, 3.63) is 58.6 Å². The predicted molar refractivity (Wildman–Crippen MR) is 95.2 cm³/mol. The Morgan fingerprint density at radius 2 is 1.75 bits per heavy atom. The van der Waals surface area contributed by atoms with E-state index < -0.39 is 11.9 Å². The molecular formula is C18H18BrNO4. The summed E-state index contributed by atoms with van der Waals surface area (Å²) in [7, 11) is 1.56. The van der Waals surface area contributed by atoms with Gasteiger partial charge in [-0.15, -0.1) is 0 Å². The maximum Gasteiger partial charge on any atom is 0.307 e. The molecule has 0 aliphatic heterocycles. The summed E-state index contributed by atoms with van der Waals surface area (Å²) in [5, 5.41) is 12.1. The normalized spacial score (nSPS) is 11.6. The number of methoxy groups -OCH3 is 1. The van der Waals surface area contributed by atoms with Gasteiger partial charge in [-0.1, -0.05) is 28.1 Å². The Labute approximate surface area is 148 Å². The molecule has 0 spiro atoms. The molecule has 0 aromatic heterocycles. The van der Waals surface area contributed by atoms with Crippen molar-refractivity contribution in [2.75, 3.05) is 12.4 Å². The van der Waals surface area contributed by atoms with Gasteiger partial charge in [0.1, 0.15) is 5.75 Å². The summed E-state index contributed by atoms with van der Waals surface area (Å²) in [6, 6.07) is 14.3. The van der Waals surface area contributed by atoms with Gasteiger partial charge in [-0.3, -0.25) is 9.59 Å². The van der Waals surface area contributed by atoms with Crippen LogP contribution in [0.3, 0.4) is 0 Å². The van der Waals surface area contributed by atoms with Crippen LogP contribution >= 0.6 is 15.9 Å². The lowest BCUT2D eigenvalue weighted by atomic mass is 9.96. The summed E-state index contributed by atoms with van der Waals surface area (Å²) in [5.74, 6) is -1.40. The summed E-state index contributed by atoms with van der Waals surface area (Å²) in [5.41, 5.74) is 1.48. The van der Waals surface area contributed by atoms with Crippen LogP contribution in [0.1, 0.15) is 12.0 Å². The Morgan fingerprint density at radius 3 is 2.29 bits per heavy atom. The fourth-order valence-electron chi connectivity index (χ4n) is 2.26. The van der Waals surface area contributed by atoms with E-state index in [0.717, 1.165) is 10.0 Å². The maximum absolute atomic E-state index is 12.1. The molecule has 0 bridgehead atoms. The molecule has 0 saturated heterocycles. The van der Waals surface area contributed by atoms with Crippen LogP contribution in [0.15, 0.2) is 53.0 Å². The average molecular weight is 392 g/mol. The molecule has 2 aromatic rings. The summed E-state index contributed by atoms with van der Waals surface area (Å²) in [6.45, 7) is 0. The number of aliphatic carboxylic acids is 1. The molecule has 126 valence electrons. The van der Waals surface area contributed by atoms with Gasteiger partial charge in [-0.2, -0.15) is 0 Å². The summed E-state index contributed by atoms with van der Waals surface area (Å²) < 4.78 is 5.98. The highest BCUT2D eigenvalue weighted by Crippen LogP contribution is 2.19. The van der Waals surface area contributed by atoms with E-state index >= 15 is 0 Å². The van der Waals surface area contributed by atoms with Gasteiger partial charge in [0.15, 0.2) is 0 Å². The number of halogens is 1. The number of nitrogens with one attached hydrogen (secondary N) is 1. The molecule has 0 heterocycles. The van der Waals surface area contributed by atoms with Crippen LogP contribution in [0, 0.1) is 5.92 Å². The minimum atomic E-state index is -0.984. The largest absolute Gasteiger partial charge is 0.497 e. The van der Waals surface area contributed by atoms with E-state index in [9.17, 15) is 14.7 Å². The zero-order valence-corrected chi connectivity index (χ0v) is 14.7. The summed E-state index contributed by atoms with van der Waals surface area (Å²) >= 11 is 3.34. The molecule has 2 N–H and O–H groups in total. The van der Waals surface area contributed by atoms with Crippen molar-refractivity contribution in [2.24, 2.45) is 5.92 Å². The molecular weight excluding hydrogens is 374 g/mol. The minimum absolute atomic E-state index is 0.0859. The highest BCUT2D eigenvalue weighted by Gasteiger charge is 2.21. The number of rotatable bonds is 7. The Kier molecular flexibility index (Phi) is 6.37. The van der Waals surface area contributed by atoms with Gasteiger partial charge < -0.3 is 15.2 Å². The fourth-order valence-corrected chi connectivity index (χ4v) is 2.53. The molecule has 6 heteroatoms. The first-order valence-corrected chi connectivity index (χ1v) is 8.18. The molecule has 2 rings (SSSR count). The molecule has 2 aromatic carbocycles. The monoisotopic (exact) mass is 391 g/mol. The van der Waals surface area contributed by atoms with Crippen LogP contribution in [0.4, 0.5) is 5.69 Å². The summed E-state index contributed by atoms with van der Waals surface area (Å²) in [6.07, 6.45) is 0.218. The van der Waals surface area contributed by atoms with Gasteiger partial charge in [-0.25, -0.2) is 0 Å². The zero-order chi connectivity index (χ0) is 17.5. The van der Waals surface area contributed by atoms with Crippen LogP contribution in [0.5, 0.6) is 5.75 Å². The van der Waals surface area contributed by atoms with Crippen molar-refractivity contribution in [3.63, 3.8) is 0 Å². The molecule has 24 heavy (non-hydrogen) atoms. The van der Waals surface area contributed by atoms with Crippen molar-refractivity contribution >= 4 is 33.5 Å². The predicted octanol–water partition coefficient (Wildman–Crippen LogP) is 3.73. The maximum atomic E-state index is 12.1. The van der Waals surface area contributed by atoms with E-state index in [1.54, 1.807) is 31.4 Å². The lowest BCUT2D eigenvalue weighted by Crippen LogP contribution is -2.24. The van der Waals surface area contributed by atoms with Gasteiger partial charge in [0.25, 0.3) is 0 Å². The molecule has 0 saturated carbocycles. The number of ether oxygens (including phenoxy) is 1. The van der Waals surface area contributed by atoms with Gasteiger partial charge in [-0.05, 0) is 48.4 Å². The quantitative estimate of drug-likeness (QED) is 0.753. The van der Waals surface area contributed by atoms with E-state index in [-0.39, 0.29) is 12.3 Å². The van der Waals surface area contributed by atoms with E-state index in [0.29, 0.717) is 17.9 Å². The van der Waals surface area contributed by atoms with Crippen molar-refractivity contribution in [1.82, 2.24) is 0 Å². The fraction of sp³-hybridized carbons (Fsp3) is 0.222. The number of anilines is 1. The number of amides is 1. The molecule has 1 atom stereocenters. The molecule has 0 radical (unpaired) electrons. The molecule has 1 amide bonds. The Bertz CT molecular complexity index is 698. The van der Waals surface area contributed by atoms with E-state index in [4.69, 9.17) is 4.74 Å². The second-order valence-corrected chi connectivity index (χ2v) is 6.26. The number of carboxylic acid groups (broad SMARTS) is 1. The third-order valence-electron chi connectivity index (χ3n) is 3.55. The first kappa shape index (κ1) is 18.0. The van der Waals surface area contributed by atoms with E-state index in [1.807, 2.05) is 24.3 Å². The number of hydrogen-bond acceptors (Lipinski definition) is 3. The standard InChI is InChI=1S/C18H18BrNO4/c1-24-16-8-6-15(7-9-16)20-17(21)11-13(18(22)23)10-12-2-4-14(19)5-3-12/h2-9,13H,10-11H2,1H3,(H,20,21)(H,22,23)/t13-/m0/s1. The van der Waals surface area contributed by atoms with Gasteiger partial charge >= 0.3 is 5.97 Å². The lowest BCUT2D eigenvalue weighted by molar-refractivity contribution is -0.143. The zero-order valence-electron chi connectivity index (χ0n) is 13.2. The number of benzene rings is 2. The van der Waals surface area contributed by atoms with Crippen LogP contribution in [0.25, 0.3) is 0 Å². The second-order valence-electron chi connectivity index (χ2n) is 5.35. The minimum Gasteiger partial charge on any atom is -0.497 e. The van der Waals surface area contributed by atoms with Gasteiger partial charge in [0, 0.05) is 16.6 Å². The van der Waals surface area contributed by atoms with Crippen LogP contribution < -0.4 is 10.1 Å². The second kappa shape index (κ2) is 8.49. The van der Waals surface area contributed by atoms with Crippen LogP contribution in [0.2, 0.25) is 0 Å². The molecule has 5 nitrogen and oxygen atoms in total. The smallest absolute Gasteiger partial charge is 0.307 e. The Morgan fingerprint density at radius 1 is 1.12 bits per heavy atom. The van der Waals surface area contributed by atoms with Gasteiger partial charge in [0.05, 0.1) is 13.0 Å². The highest BCUT2D eigenvalue weighted by molar-refractivity contribution is 9.10. The van der Waals surface area contributed by atoms with Crippen molar-refractivity contribution in [3.8, 4) is 5.75 Å². The highest BCUT2D eigenvalue weighted by atomic mass is 79.9. The molecule has 0 aliphatic rings. The van der Waals surface area contributed by atoms with Gasteiger partial charge in [0.2, 0.25) is 5.91 Å². The van der Waals surface area contributed by atoms with E-state index in [1.165, 1.54) is 0 Å². The average Bonchev–Trinajstić information content (AvgIpc) is 2.56. The van der Waals surface area contributed by atoms with E-state index in [2.05, 4.69) is 21.2 Å². The third-order valence-corrected chi connectivity index (χ3v) is 4.08. The lowest BCUT2D eigenvalue weighted by Gasteiger charge is -2.13. The molecule has 0 unspecified atom stereocenters. The Balaban J connectivity index is 1.97. The molecule has 0 fully saturated rings. The number of hydrogen-bond donors (Lipinski definition) is 2. The topological polar surface area (TPSA) is 75.6 Å². The first-order chi connectivity index (χ1) is 11.5. The summed E-state index contributed by atoms with van der Waals surface area (Å²) in [4.78, 5) is 23.5.